The molecule has 2 aliphatic heterocycles. The van der Waals surface area contributed by atoms with Crippen molar-refractivity contribution in [3.05, 3.63) is 42.6 Å². The predicted molar refractivity (Wildman–Crippen MR) is 97.2 cm³/mol. The van der Waals surface area contributed by atoms with E-state index in [1.165, 1.54) is 12.1 Å². The van der Waals surface area contributed by atoms with Crippen LogP contribution in [0, 0.1) is 0 Å². The van der Waals surface area contributed by atoms with Gasteiger partial charge in [0.15, 0.2) is 0 Å². The summed E-state index contributed by atoms with van der Waals surface area (Å²) in [5.41, 5.74) is 0.652. The molecule has 2 fully saturated rings. The molecule has 2 N–H and O–H groups in total. The molecule has 29 heavy (non-hydrogen) atoms. The number of aromatic nitrogens is 1. The van der Waals surface area contributed by atoms with Crippen LogP contribution in [0.15, 0.2) is 42.6 Å². The molecule has 0 bridgehead atoms. The molecule has 0 atom stereocenters. The van der Waals surface area contributed by atoms with Gasteiger partial charge in [-0.1, -0.05) is 12.1 Å². The highest BCUT2D eigenvalue weighted by Crippen LogP contribution is 2.31. The van der Waals surface area contributed by atoms with Crippen LogP contribution in [-0.4, -0.2) is 41.9 Å². The Balaban J connectivity index is 1.47. The van der Waals surface area contributed by atoms with Crippen molar-refractivity contribution < 1.29 is 27.5 Å². The smallest absolute Gasteiger partial charge is 0.406 e. The van der Waals surface area contributed by atoms with Gasteiger partial charge < -0.3 is 15.0 Å². The van der Waals surface area contributed by atoms with Crippen LogP contribution in [-0.2, 0) is 4.79 Å². The second kappa shape index (κ2) is 6.94. The molecular formula is C19H17F3N4O3. The Morgan fingerprint density at radius 1 is 1.03 bits per heavy atom. The van der Waals surface area contributed by atoms with Gasteiger partial charge in [-0.15, -0.1) is 13.2 Å². The SMILES string of the molecule is O=C1NC(=O)C2(CCN(c3cc(-c4ccc(OC(F)(F)F)cc4)ccn3)CC2)N1. The maximum atomic E-state index is 12.3. The lowest BCUT2D eigenvalue weighted by Gasteiger charge is -2.37. The number of nitrogens with zero attached hydrogens (tertiary/aromatic N) is 2. The summed E-state index contributed by atoms with van der Waals surface area (Å²) in [5, 5.41) is 4.99. The number of hydrogen-bond donors (Lipinski definition) is 2. The van der Waals surface area contributed by atoms with E-state index in [9.17, 15) is 22.8 Å². The van der Waals surface area contributed by atoms with Crippen molar-refractivity contribution in [1.82, 2.24) is 15.6 Å². The number of rotatable bonds is 3. The Labute approximate surface area is 163 Å². The number of halogens is 3. The number of imide groups is 1. The van der Waals surface area contributed by atoms with Crippen LogP contribution in [0.2, 0.25) is 0 Å². The molecule has 152 valence electrons. The number of carbonyl (C=O) groups excluding carboxylic acids is 2. The van der Waals surface area contributed by atoms with Gasteiger partial charge in [-0.3, -0.25) is 10.1 Å². The van der Waals surface area contributed by atoms with E-state index in [4.69, 9.17) is 0 Å². The lowest BCUT2D eigenvalue weighted by molar-refractivity contribution is -0.274. The zero-order chi connectivity index (χ0) is 20.6. The monoisotopic (exact) mass is 406 g/mol. The van der Waals surface area contributed by atoms with Gasteiger partial charge in [0.1, 0.15) is 17.1 Å². The number of hydrogen-bond acceptors (Lipinski definition) is 5. The van der Waals surface area contributed by atoms with Crippen LogP contribution in [0.1, 0.15) is 12.8 Å². The van der Waals surface area contributed by atoms with E-state index in [1.807, 2.05) is 11.0 Å². The molecule has 1 aromatic carbocycles. The molecule has 2 aliphatic rings. The molecule has 0 aliphatic carbocycles. The topological polar surface area (TPSA) is 83.6 Å². The fourth-order valence-corrected chi connectivity index (χ4v) is 3.62. The zero-order valence-corrected chi connectivity index (χ0v) is 15.1. The Morgan fingerprint density at radius 3 is 2.31 bits per heavy atom. The molecule has 3 heterocycles. The highest BCUT2D eigenvalue weighted by molar-refractivity contribution is 6.07. The lowest BCUT2D eigenvalue weighted by atomic mass is 9.87. The number of nitrogens with one attached hydrogen (secondary N) is 2. The summed E-state index contributed by atoms with van der Waals surface area (Å²) in [6.07, 6.45) is -2.19. The van der Waals surface area contributed by atoms with Crippen molar-refractivity contribution in [2.75, 3.05) is 18.0 Å². The van der Waals surface area contributed by atoms with Crippen LogP contribution < -0.4 is 20.3 Å². The fourth-order valence-electron chi connectivity index (χ4n) is 3.62. The number of urea groups is 1. The van der Waals surface area contributed by atoms with E-state index < -0.39 is 17.9 Å². The van der Waals surface area contributed by atoms with Crippen molar-refractivity contribution in [2.24, 2.45) is 0 Å². The first-order chi connectivity index (χ1) is 13.7. The Bertz CT molecular complexity index is 938. The van der Waals surface area contributed by atoms with E-state index in [-0.39, 0.29) is 11.7 Å². The van der Waals surface area contributed by atoms with Gasteiger partial charge in [-0.05, 0) is 48.2 Å². The third-order valence-electron chi connectivity index (χ3n) is 5.12. The summed E-state index contributed by atoms with van der Waals surface area (Å²) < 4.78 is 40.8. The minimum atomic E-state index is -4.73. The Hall–Kier alpha value is -3.30. The van der Waals surface area contributed by atoms with E-state index in [1.54, 1.807) is 24.4 Å². The van der Waals surface area contributed by atoms with Crippen LogP contribution in [0.5, 0.6) is 5.75 Å². The number of carbonyl (C=O) groups is 2. The van der Waals surface area contributed by atoms with Crippen LogP contribution >= 0.6 is 0 Å². The third-order valence-corrected chi connectivity index (χ3v) is 5.12. The van der Waals surface area contributed by atoms with E-state index in [2.05, 4.69) is 20.4 Å². The average Bonchev–Trinajstić information content (AvgIpc) is 2.94. The molecule has 0 unspecified atom stereocenters. The van der Waals surface area contributed by atoms with Crippen LogP contribution in [0.3, 0.4) is 0 Å². The largest absolute Gasteiger partial charge is 0.573 e. The number of alkyl halides is 3. The second-order valence-electron chi connectivity index (χ2n) is 6.95. The standard InChI is InChI=1S/C19H17F3N4O3/c20-19(21,22)29-14-3-1-12(2-4-14)13-5-8-23-15(11-13)26-9-6-18(7-10-26)16(27)24-17(28)25-18/h1-5,8,11H,6-7,9-10H2,(H2,24,25,27,28). The second-order valence-corrected chi connectivity index (χ2v) is 6.95. The highest BCUT2D eigenvalue weighted by Gasteiger charge is 2.48. The number of piperidine rings is 1. The summed E-state index contributed by atoms with van der Waals surface area (Å²) in [6, 6.07) is 8.74. The van der Waals surface area contributed by atoms with E-state index >= 15 is 0 Å². The third kappa shape index (κ3) is 3.96. The zero-order valence-electron chi connectivity index (χ0n) is 15.1. The Kier molecular flexibility index (Phi) is 4.56. The molecule has 10 heteroatoms. The number of amides is 3. The van der Waals surface area contributed by atoms with Gasteiger partial charge >= 0.3 is 12.4 Å². The summed E-state index contributed by atoms with van der Waals surface area (Å²) in [4.78, 5) is 29.9. The molecule has 2 saturated heterocycles. The van der Waals surface area contributed by atoms with Crippen LogP contribution in [0.4, 0.5) is 23.8 Å². The summed E-state index contributed by atoms with van der Waals surface area (Å²) in [5.74, 6) is 0.108. The lowest BCUT2D eigenvalue weighted by Crippen LogP contribution is -2.55. The van der Waals surface area contributed by atoms with Gasteiger partial charge in [0.2, 0.25) is 0 Å². The minimum absolute atomic E-state index is 0.284. The van der Waals surface area contributed by atoms with Crippen molar-refractivity contribution in [1.29, 1.82) is 0 Å². The van der Waals surface area contributed by atoms with E-state index in [0.717, 1.165) is 11.1 Å². The summed E-state index contributed by atoms with van der Waals surface area (Å²) >= 11 is 0. The molecule has 0 saturated carbocycles. The Morgan fingerprint density at radius 2 is 1.72 bits per heavy atom. The molecule has 2 aromatic rings. The summed E-state index contributed by atoms with van der Waals surface area (Å²) in [7, 11) is 0. The van der Waals surface area contributed by atoms with E-state index in [0.29, 0.717) is 31.7 Å². The van der Waals surface area contributed by atoms with Gasteiger partial charge in [-0.2, -0.15) is 0 Å². The van der Waals surface area contributed by atoms with Crippen molar-refractivity contribution in [3.63, 3.8) is 0 Å². The minimum Gasteiger partial charge on any atom is -0.406 e. The maximum absolute atomic E-state index is 12.3. The molecule has 1 spiro atoms. The first kappa shape index (κ1) is 19.0. The van der Waals surface area contributed by atoms with Crippen molar-refractivity contribution in [3.8, 4) is 16.9 Å². The van der Waals surface area contributed by atoms with Gasteiger partial charge in [0, 0.05) is 19.3 Å². The number of ether oxygens (including phenoxy) is 1. The molecular weight excluding hydrogens is 389 g/mol. The number of anilines is 1. The van der Waals surface area contributed by atoms with Gasteiger partial charge in [-0.25, -0.2) is 9.78 Å². The normalized spacial score (nSPS) is 18.5. The molecule has 3 amide bonds. The summed E-state index contributed by atoms with van der Waals surface area (Å²) in [6.45, 7) is 1.06. The fraction of sp³-hybridized carbons (Fsp3) is 0.316. The van der Waals surface area contributed by atoms with Crippen molar-refractivity contribution >= 4 is 17.8 Å². The highest BCUT2D eigenvalue weighted by atomic mass is 19.4. The maximum Gasteiger partial charge on any atom is 0.573 e. The number of benzene rings is 1. The van der Waals surface area contributed by atoms with Gasteiger partial charge in [0.05, 0.1) is 0 Å². The molecule has 0 radical (unpaired) electrons. The molecule has 7 nitrogen and oxygen atoms in total. The van der Waals surface area contributed by atoms with Crippen molar-refractivity contribution in [2.45, 2.75) is 24.7 Å². The predicted octanol–water partition coefficient (Wildman–Crippen LogP) is 2.83. The first-order valence-corrected chi connectivity index (χ1v) is 8.95. The molecule has 1 aromatic heterocycles. The van der Waals surface area contributed by atoms with Crippen LogP contribution in [0.25, 0.3) is 11.1 Å². The quantitative estimate of drug-likeness (QED) is 0.766. The average molecular weight is 406 g/mol. The van der Waals surface area contributed by atoms with Gasteiger partial charge in [0.25, 0.3) is 5.91 Å². The first-order valence-electron chi connectivity index (χ1n) is 8.95. The number of pyridine rings is 1. The molecule has 4 rings (SSSR count).